The number of rotatable bonds is 8. The summed E-state index contributed by atoms with van der Waals surface area (Å²) in [6, 6.07) is 4.90. The van der Waals surface area contributed by atoms with Gasteiger partial charge in [0.1, 0.15) is 0 Å². The van der Waals surface area contributed by atoms with E-state index in [0.29, 0.717) is 6.54 Å². The summed E-state index contributed by atoms with van der Waals surface area (Å²) < 4.78 is 26.6. The molecule has 1 aliphatic rings. The number of sulfonamides is 1. The number of hydrogen-bond acceptors (Lipinski definition) is 6. The monoisotopic (exact) mass is 412 g/mol. The number of amides is 2. The highest BCUT2D eigenvalue weighted by atomic mass is 32.2. The molecule has 11 heteroatoms. The lowest BCUT2D eigenvalue weighted by Crippen LogP contribution is -2.50. The fraction of sp³-hybridized carbons (Fsp3) is 0.529. The Balaban J connectivity index is 1.92. The molecule has 1 fully saturated rings. The Bertz CT molecular complexity index is 834. The standard InChI is InChI=1S/C17H24N4O6S/c1-2-8-18-16(22)6-7-17(23)19-9-11-20(12-10-19)28(26,27)15-5-3-4-14(13-15)21(24)25/h3-5,13H,2,6-12H2,1H3,(H,18,22). The second-order valence-corrected chi connectivity index (χ2v) is 8.33. The zero-order valence-electron chi connectivity index (χ0n) is 15.7. The van der Waals surface area contributed by atoms with E-state index in [1.807, 2.05) is 6.92 Å². The summed E-state index contributed by atoms with van der Waals surface area (Å²) in [5.41, 5.74) is -0.295. The van der Waals surface area contributed by atoms with E-state index in [0.717, 1.165) is 12.5 Å². The second kappa shape index (κ2) is 9.60. The summed E-state index contributed by atoms with van der Waals surface area (Å²) in [5, 5.41) is 13.6. The summed E-state index contributed by atoms with van der Waals surface area (Å²) in [6.07, 6.45) is 0.999. The average molecular weight is 412 g/mol. The van der Waals surface area contributed by atoms with Crippen LogP contribution in [0.25, 0.3) is 0 Å². The minimum absolute atomic E-state index is 0.0766. The number of nitro groups is 1. The van der Waals surface area contributed by atoms with Gasteiger partial charge in [0.25, 0.3) is 5.69 Å². The fourth-order valence-corrected chi connectivity index (χ4v) is 4.28. The number of piperazine rings is 1. The summed E-state index contributed by atoms with van der Waals surface area (Å²) in [7, 11) is -3.88. The highest BCUT2D eigenvalue weighted by Crippen LogP contribution is 2.22. The molecule has 1 aromatic carbocycles. The maximum absolute atomic E-state index is 12.7. The molecule has 1 N–H and O–H groups in total. The molecule has 0 atom stereocenters. The van der Waals surface area contributed by atoms with Crippen molar-refractivity contribution in [3.63, 3.8) is 0 Å². The fourth-order valence-electron chi connectivity index (χ4n) is 2.82. The summed E-state index contributed by atoms with van der Waals surface area (Å²) in [5.74, 6) is -0.374. The van der Waals surface area contributed by atoms with Gasteiger partial charge in [-0.15, -0.1) is 0 Å². The molecular weight excluding hydrogens is 388 g/mol. The molecule has 154 valence electrons. The van der Waals surface area contributed by atoms with Gasteiger partial charge in [-0.05, 0) is 12.5 Å². The van der Waals surface area contributed by atoms with Gasteiger partial charge in [-0.2, -0.15) is 4.31 Å². The van der Waals surface area contributed by atoms with Crippen LogP contribution in [0.4, 0.5) is 5.69 Å². The molecule has 0 aliphatic carbocycles. The summed E-state index contributed by atoms with van der Waals surface area (Å²) in [4.78, 5) is 35.4. The Morgan fingerprint density at radius 2 is 1.86 bits per heavy atom. The van der Waals surface area contributed by atoms with E-state index >= 15 is 0 Å². The number of nitrogens with one attached hydrogen (secondary N) is 1. The van der Waals surface area contributed by atoms with Crippen LogP contribution >= 0.6 is 0 Å². The highest BCUT2D eigenvalue weighted by molar-refractivity contribution is 7.89. The minimum atomic E-state index is -3.88. The molecule has 0 saturated carbocycles. The van der Waals surface area contributed by atoms with Gasteiger partial charge in [-0.25, -0.2) is 8.42 Å². The van der Waals surface area contributed by atoms with Gasteiger partial charge in [0.15, 0.2) is 0 Å². The zero-order chi connectivity index (χ0) is 20.7. The molecule has 1 saturated heterocycles. The minimum Gasteiger partial charge on any atom is -0.356 e. The van der Waals surface area contributed by atoms with Crippen molar-refractivity contribution in [2.45, 2.75) is 31.1 Å². The van der Waals surface area contributed by atoms with Crippen LogP contribution < -0.4 is 5.32 Å². The van der Waals surface area contributed by atoms with Gasteiger partial charge in [0.05, 0.1) is 9.82 Å². The number of hydrogen-bond donors (Lipinski definition) is 1. The van der Waals surface area contributed by atoms with Gasteiger partial charge in [0, 0.05) is 57.7 Å². The molecule has 1 aliphatic heterocycles. The summed E-state index contributed by atoms with van der Waals surface area (Å²) >= 11 is 0. The van der Waals surface area contributed by atoms with Crippen molar-refractivity contribution in [3.05, 3.63) is 34.4 Å². The van der Waals surface area contributed by atoms with E-state index in [9.17, 15) is 28.1 Å². The SMILES string of the molecule is CCCNC(=O)CCC(=O)N1CCN(S(=O)(=O)c2cccc([N+](=O)[O-])c2)CC1. The third-order valence-electron chi connectivity index (χ3n) is 4.40. The number of carbonyl (C=O) groups excluding carboxylic acids is 2. The lowest BCUT2D eigenvalue weighted by molar-refractivity contribution is -0.385. The first kappa shape index (κ1) is 21.8. The number of benzene rings is 1. The van der Waals surface area contributed by atoms with Crippen LogP contribution in [-0.2, 0) is 19.6 Å². The largest absolute Gasteiger partial charge is 0.356 e. The van der Waals surface area contributed by atoms with Crippen molar-refractivity contribution in [1.29, 1.82) is 0 Å². The van der Waals surface area contributed by atoms with Crippen molar-refractivity contribution in [3.8, 4) is 0 Å². The molecular formula is C17H24N4O6S. The summed E-state index contributed by atoms with van der Waals surface area (Å²) in [6.45, 7) is 3.12. The number of nitrogens with zero attached hydrogens (tertiary/aromatic N) is 3. The maximum atomic E-state index is 12.7. The van der Waals surface area contributed by atoms with E-state index < -0.39 is 14.9 Å². The molecule has 2 rings (SSSR count). The predicted molar refractivity (Wildman–Crippen MR) is 101 cm³/mol. The van der Waals surface area contributed by atoms with Crippen molar-refractivity contribution >= 4 is 27.5 Å². The third-order valence-corrected chi connectivity index (χ3v) is 6.29. The van der Waals surface area contributed by atoms with Gasteiger partial charge < -0.3 is 10.2 Å². The first-order valence-electron chi connectivity index (χ1n) is 9.04. The quantitative estimate of drug-likeness (QED) is 0.495. The van der Waals surface area contributed by atoms with E-state index in [1.54, 1.807) is 0 Å². The lowest BCUT2D eigenvalue weighted by Gasteiger charge is -2.34. The van der Waals surface area contributed by atoms with Crippen LogP contribution in [0.5, 0.6) is 0 Å². The van der Waals surface area contributed by atoms with Crippen LogP contribution in [0.1, 0.15) is 26.2 Å². The van der Waals surface area contributed by atoms with E-state index in [2.05, 4.69) is 5.32 Å². The van der Waals surface area contributed by atoms with E-state index in [-0.39, 0.29) is 61.4 Å². The molecule has 2 amide bonds. The molecule has 0 spiro atoms. The Kier molecular flexibility index (Phi) is 7.46. The smallest absolute Gasteiger partial charge is 0.270 e. The molecule has 0 unspecified atom stereocenters. The molecule has 0 bridgehead atoms. The topological polar surface area (TPSA) is 130 Å². The highest BCUT2D eigenvalue weighted by Gasteiger charge is 2.30. The van der Waals surface area contributed by atoms with Crippen molar-refractivity contribution in [2.24, 2.45) is 0 Å². The Labute approximate surface area is 163 Å². The Hall–Kier alpha value is -2.53. The normalized spacial score (nSPS) is 15.2. The number of nitro benzene ring substituents is 1. The molecule has 0 radical (unpaired) electrons. The number of non-ortho nitro benzene ring substituents is 1. The average Bonchev–Trinajstić information content (AvgIpc) is 2.70. The molecule has 0 aromatic heterocycles. The lowest BCUT2D eigenvalue weighted by atomic mass is 10.2. The van der Waals surface area contributed by atoms with Crippen LogP contribution in [0.2, 0.25) is 0 Å². The molecule has 1 aromatic rings. The first-order chi connectivity index (χ1) is 13.3. The van der Waals surface area contributed by atoms with Gasteiger partial charge in [-0.1, -0.05) is 13.0 Å². The van der Waals surface area contributed by atoms with Crippen LogP contribution in [0.15, 0.2) is 29.2 Å². The van der Waals surface area contributed by atoms with E-state index in [1.165, 1.54) is 27.4 Å². The van der Waals surface area contributed by atoms with Crippen molar-refractivity contribution < 1.29 is 22.9 Å². The zero-order valence-corrected chi connectivity index (χ0v) is 16.5. The van der Waals surface area contributed by atoms with Crippen LogP contribution in [-0.4, -0.2) is 67.1 Å². The van der Waals surface area contributed by atoms with Gasteiger partial charge >= 0.3 is 0 Å². The van der Waals surface area contributed by atoms with Crippen molar-refractivity contribution in [2.75, 3.05) is 32.7 Å². The first-order valence-corrected chi connectivity index (χ1v) is 10.5. The number of carbonyl (C=O) groups is 2. The second-order valence-electron chi connectivity index (χ2n) is 6.39. The van der Waals surface area contributed by atoms with E-state index in [4.69, 9.17) is 0 Å². The van der Waals surface area contributed by atoms with Gasteiger partial charge in [0.2, 0.25) is 21.8 Å². The molecule has 28 heavy (non-hydrogen) atoms. The molecule has 10 nitrogen and oxygen atoms in total. The van der Waals surface area contributed by atoms with Crippen LogP contribution in [0.3, 0.4) is 0 Å². The van der Waals surface area contributed by atoms with Gasteiger partial charge in [-0.3, -0.25) is 19.7 Å². The maximum Gasteiger partial charge on any atom is 0.270 e. The Morgan fingerprint density at radius 3 is 2.46 bits per heavy atom. The van der Waals surface area contributed by atoms with Crippen molar-refractivity contribution in [1.82, 2.24) is 14.5 Å². The van der Waals surface area contributed by atoms with Crippen LogP contribution in [0, 0.1) is 10.1 Å². The Morgan fingerprint density at radius 1 is 1.18 bits per heavy atom. The third kappa shape index (κ3) is 5.49. The molecule has 1 heterocycles. The predicted octanol–water partition coefficient (Wildman–Crippen LogP) is 0.734.